The third kappa shape index (κ3) is 4.32. The zero-order valence-corrected chi connectivity index (χ0v) is 16.1. The number of hydrogen-bond donors (Lipinski definition) is 1. The quantitative estimate of drug-likeness (QED) is 0.812. The van der Waals surface area contributed by atoms with Crippen molar-refractivity contribution in [3.63, 3.8) is 0 Å². The van der Waals surface area contributed by atoms with Crippen molar-refractivity contribution in [2.75, 3.05) is 36.0 Å². The Morgan fingerprint density at radius 1 is 1.00 bits per heavy atom. The minimum atomic E-state index is 0.104. The van der Waals surface area contributed by atoms with Crippen LogP contribution in [0.4, 0.5) is 11.6 Å². The van der Waals surface area contributed by atoms with Gasteiger partial charge in [-0.2, -0.15) is 0 Å². The minimum absolute atomic E-state index is 0.104. The summed E-state index contributed by atoms with van der Waals surface area (Å²) in [6, 6.07) is 10.0. The van der Waals surface area contributed by atoms with Crippen LogP contribution in [0.3, 0.4) is 0 Å². The second kappa shape index (κ2) is 8.87. The molecule has 1 amide bonds. The van der Waals surface area contributed by atoms with Crippen LogP contribution in [-0.4, -0.2) is 42.1 Å². The molecule has 1 aliphatic heterocycles. The summed E-state index contributed by atoms with van der Waals surface area (Å²) >= 11 is 0. The fourth-order valence-corrected chi connectivity index (χ4v) is 3.90. The van der Waals surface area contributed by atoms with Crippen LogP contribution in [-0.2, 0) is 11.3 Å². The molecular weight excluding hydrogens is 350 g/mol. The lowest BCUT2D eigenvalue weighted by molar-refractivity contribution is -0.125. The van der Waals surface area contributed by atoms with Crippen molar-refractivity contribution in [2.45, 2.75) is 25.8 Å². The van der Waals surface area contributed by atoms with E-state index in [9.17, 15) is 4.79 Å². The van der Waals surface area contributed by atoms with E-state index in [1.165, 1.54) is 0 Å². The molecule has 0 radical (unpaired) electrons. The predicted octanol–water partition coefficient (Wildman–Crippen LogP) is 2.78. The Labute approximate surface area is 166 Å². The monoisotopic (exact) mass is 377 g/mol. The number of carbonyl (C=O) groups is 1. The van der Waals surface area contributed by atoms with Gasteiger partial charge in [-0.05, 0) is 37.5 Å². The Bertz CT molecular complexity index is 815. The van der Waals surface area contributed by atoms with Gasteiger partial charge in [0.15, 0.2) is 0 Å². The first-order valence-electron chi connectivity index (χ1n) is 10.1. The van der Waals surface area contributed by atoms with Crippen molar-refractivity contribution in [1.29, 1.82) is 0 Å². The maximum absolute atomic E-state index is 12.5. The van der Waals surface area contributed by atoms with E-state index in [0.29, 0.717) is 6.54 Å². The van der Waals surface area contributed by atoms with E-state index in [1.807, 2.05) is 30.6 Å². The molecule has 2 aliphatic rings. The number of anilines is 2. The Kier molecular flexibility index (Phi) is 5.85. The highest BCUT2D eigenvalue weighted by Crippen LogP contribution is 2.22. The van der Waals surface area contributed by atoms with Crippen LogP contribution >= 0.6 is 0 Å². The first kappa shape index (κ1) is 18.5. The molecule has 0 bridgehead atoms. The average Bonchev–Trinajstić information content (AvgIpc) is 2.79. The van der Waals surface area contributed by atoms with Gasteiger partial charge in [0, 0.05) is 56.6 Å². The number of amides is 1. The fourth-order valence-electron chi connectivity index (χ4n) is 3.90. The summed E-state index contributed by atoms with van der Waals surface area (Å²) in [5.41, 5.74) is 1.08. The normalized spacial score (nSPS) is 19.5. The van der Waals surface area contributed by atoms with Gasteiger partial charge in [0.25, 0.3) is 0 Å². The number of piperazine rings is 1. The lowest BCUT2D eigenvalue weighted by atomic mass is 9.93. The highest BCUT2D eigenvalue weighted by molar-refractivity contribution is 5.79. The van der Waals surface area contributed by atoms with E-state index >= 15 is 0 Å². The number of allylic oxidation sites excluding steroid dienone is 2. The largest absolute Gasteiger partial charge is 0.353 e. The van der Waals surface area contributed by atoms with E-state index in [4.69, 9.17) is 0 Å². The minimum Gasteiger partial charge on any atom is -0.353 e. The average molecular weight is 377 g/mol. The molecule has 146 valence electrons. The topological polar surface area (TPSA) is 61.4 Å². The smallest absolute Gasteiger partial charge is 0.223 e. The highest BCUT2D eigenvalue weighted by Gasteiger charge is 2.22. The number of nitrogens with zero attached hydrogens (tertiary/aromatic N) is 4. The Hall–Kier alpha value is -2.89. The molecule has 1 atom stereocenters. The van der Waals surface area contributed by atoms with E-state index in [-0.39, 0.29) is 11.8 Å². The lowest BCUT2D eigenvalue weighted by Crippen LogP contribution is -2.47. The summed E-state index contributed by atoms with van der Waals surface area (Å²) in [7, 11) is 0. The van der Waals surface area contributed by atoms with Gasteiger partial charge in [-0.15, -0.1) is 0 Å². The van der Waals surface area contributed by atoms with Crippen molar-refractivity contribution in [3.05, 3.63) is 60.4 Å². The standard InChI is InChI=1S/C22H27N5O/c28-22(18-7-2-1-3-8-18)25-17-19-9-6-12-24-21(19)27-15-13-26(14-16-27)20-10-4-5-11-23-20/h1-2,4-6,9-12,18H,3,7-8,13-17H2,(H,25,28). The second-order valence-corrected chi connectivity index (χ2v) is 7.35. The van der Waals surface area contributed by atoms with Crippen LogP contribution in [0.25, 0.3) is 0 Å². The molecular formula is C22H27N5O. The maximum Gasteiger partial charge on any atom is 0.223 e. The molecule has 1 saturated heterocycles. The van der Waals surface area contributed by atoms with Gasteiger partial charge in [-0.3, -0.25) is 4.79 Å². The molecule has 3 heterocycles. The van der Waals surface area contributed by atoms with Crippen LogP contribution in [0.5, 0.6) is 0 Å². The third-order valence-electron chi connectivity index (χ3n) is 5.51. The molecule has 6 heteroatoms. The molecule has 0 aromatic carbocycles. The van der Waals surface area contributed by atoms with E-state index in [1.54, 1.807) is 0 Å². The Morgan fingerprint density at radius 3 is 2.57 bits per heavy atom. The van der Waals surface area contributed by atoms with Gasteiger partial charge in [-0.25, -0.2) is 9.97 Å². The molecule has 6 nitrogen and oxygen atoms in total. The van der Waals surface area contributed by atoms with Gasteiger partial charge in [0.1, 0.15) is 11.6 Å². The Morgan fingerprint density at radius 2 is 1.82 bits per heavy atom. The van der Waals surface area contributed by atoms with Crippen LogP contribution in [0, 0.1) is 5.92 Å². The summed E-state index contributed by atoms with van der Waals surface area (Å²) in [5, 5.41) is 3.12. The molecule has 0 saturated carbocycles. The van der Waals surface area contributed by atoms with Crippen LogP contribution in [0.2, 0.25) is 0 Å². The molecule has 4 rings (SSSR count). The van der Waals surface area contributed by atoms with Crippen molar-refractivity contribution in [3.8, 4) is 0 Å². The number of aromatic nitrogens is 2. The molecule has 2 aromatic rings. The van der Waals surface area contributed by atoms with Crippen molar-refractivity contribution in [1.82, 2.24) is 15.3 Å². The number of nitrogens with one attached hydrogen (secondary N) is 1. The maximum atomic E-state index is 12.5. The molecule has 1 fully saturated rings. The van der Waals surface area contributed by atoms with Crippen molar-refractivity contribution in [2.24, 2.45) is 5.92 Å². The number of rotatable bonds is 5. The third-order valence-corrected chi connectivity index (χ3v) is 5.51. The van der Waals surface area contributed by atoms with Crippen LogP contribution < -0.4 is 15.1 Å². The summed E-state index contributed by atoms with van der Waals surface area (Å²) in [6.07, 6.45) is 10.7. The molecule has 2 aromatic heterocycles. The molecule has 0 spiro atoms. The molecule has 1 aliphatic carbocycles. The first-order valence-corrected chi connectivity index (χ1v) is 10.1. The van der Waals surface area contributed by atoms with Crippen LogP contribution in [0.15, 0.2) is 54.9 Å². The number of pyridine rings is 2. The number of hydrogen-bond acceptors (Lipinski definition) is 5. The highest BCUT2D eigenvalue weighted by atomic mass is 16.1. The Balaban J connectivity index is 1.37. The van der Waals surface area contributed by atoms with E-state index in [0.717, 1.165) is 62.6 Å². The zero-order chi connectivity index (χ0) is 19.2. The van der Waals surface area contributed by atoms with Gasteiger partial charge < -0.3 is 15.1 Å². The second-order valence-electron chi connectivity index (χ2n) is 7.35. The SMILES string of the molecule is O=C(NCc1cccnc1N1CCN(c2ccccn2)CC1)C1CC=CCC1. The fraction of sp³-hybridized carbons (Fsp3) is 0.409. The summed E-state index contributed by atoms with van der Waals surface area (Å²) < 4.78 is 0. The van der Waals surface area contributed by atoms with Crippen molar-refractivity contribution < 1.29 is 4.79 Å². The van der Waals surface area contributed by atoms with Gasteiger partial charge in [0.05, 0.1) is 0 Å². The predicted molar refractivity (Wildman–Crippen MR) is 111 cm³/mol. The van der Waals surface area contributed by atoms with Crippen molar-refractivity contribution >= 4 is 17.5 Å². The molecule has 28 heavy (non-hydrogen) atoms. The van der Waals surface area contributed by atoms with Gasteiger partial charge in [-0.1, -0.05) is 24.3 Å². The summed E-state index contributed by atoms with van der Waals surface area (Å²) in [4.78, 5) is 26.1. The van der Waals surface area contributed by atoms with Gasteiger partial charge in [0.2, 0.25) is 5.91 Å². The zero-order valence-electron chi connectivity index (χ0n) is 16.1. The first-order chi connectivity index (χ1) is 13.8. The lowest BCUT2D eigenvalue weighted by Gasteiger charge is -2.36. The van der Waals surface area contributed by atoms with E-state index < -0.39 is 0 Å². The summed E-state index contributed by atoms with van der Waals surface area (Å²) in [5.74, 6) is 2.26. The van der Waals surface area contributed by atoms with Crippen LogP contribution in [0.1, 0.15) is 24.8 Å². The van der Waals surface area contributed by atoms with E-state index in [2.05, 4.69) is 49.4 Å². The summed E-state index contributed by atoms with van der Waals surface area (Å²) in [6.45, 7) is 4.13. The molecule has 1 N–H and O–H groups in total. The number of carbonyl (C=O) groups excluding carboxylic acids is 1. The molecule has 1 unspecified atom stereocenters. The van der Waals surface area contributed by atoms with Gasteiger partial charge >= 0.3 is 0 Å².